The Morgan fingerprint density at radius 2 is 2.08 bits per heavy atom. The number of hydrogen-bond donors (Lipinski definition) is 1. The molecule has 1 N–H and O–H groups in total. The van der Waals surface area contributed by atoms with E-state index >= 15 is 0 Å². The number of aromatic nitrogens is 2. The van der Waals surface area contributed by atoms with Crippen molar-refractivity contribution in [3.05, 3.63) is 22.7 Å². The highest BCUT2D eigenvalue weighted by Crippen LogP contribution is 2.18. The van der Waals surface area contributed by atoms with Gasteiger partial charge in [0.2, 0.25) is 5.88 Å². The summed E-state index contributed by atoms with van der Waals surface area (Å²) in [7, 11) is 0. The Morgan fingerprint density at radius 3 is 2.58 bits per heavy atom. The smallest absolute Gasteiger partial charge is 0.388 e. The monoisotopic (exact) mass is 180 g/mol. The Balaban J connectivity index is 2.84. The lowest BCUT2D eigenvalue weighted by Crippen LogP contribution is -2.20. The molecule has 1 aromatic heterocycles. The summed E-state index contributed by atoms with van der Waals surface area (Å²) >= 11 is 0. The predicted molar refractivity (Wildman–Crippen MR) is 31.5 cm³/mol. The Labute approximate surface area is 64.0 Å². The SMILES string of the molecule is O=c1cncc(OC(F)(F)F)[nH]1. The van der Waals surface area contributed by atoms with Crippen LogP contribution in [-0.4, -0.2) is 16.3 Å². The van der Waals surface area contributed by atoms with Gasteiger partial charge in [-0.1, -0.05) is 0 Å². The van der Waals surface area contributed by atoms with Gasteiger partial charge in [-0.05, 0) is 0 Å². The van der Waals surface area contributed by atoms with Crippen molar-refractivity contribution in [1.82, 2.24) is 9.97 Å². The minimum Gasteiger partial charge on any atom is -0.388 e. The summed E-state index contributed by atoms with van der Waals surface area (Å²) < 4.78 is 37.9. The van der Waals surface area contributed by atoms with Crippen LogP contribution in [0.3, 0.4) is 0 Å². The van der Waals surface area contributed by atoms with E-state index in [1.807, 2.05) is 0 Å². The van der Waals surface area contributed by atoms with Gasteiger partial charge in [0.05, 0.1) is 12.4 Å². The maximum atomic E-state index is 11.5. The van der Waals surface area contributed by atoms with E-state index in [9.17, 15) is 18.0 Å². The summed E-state index contributed by atoms with van der Waals surface area (Å²) in [5.74, 6) is -0.727. The second-order valence-corrected chi connectivity index (χ2v) is 1.81. The molecule has 0 bridgehead atoms. The molecule has 7 heteroatoms. The number of aromatic amines is 1. The topological polar surface area (TPSA) is 55.0 Å². The molecule has 0 aliphatic carbocycles. The molecular formula is C5H3F3N2O2. The number of alkyl halides is 3. The van der Waals surface area contributed by atoms with Crippen LogP contribution < -0.4 is 10.3 Å². The second kappa shape index (κ2) is 2.84. The van der Waals surface area contributed by atoms with E-state index in [1.165, 1.54) is 0 Å². The van der Waals surface area contributed by atoms with Gasteiger partial charge >= 0.3 is 6.36 Å². The van der Waals surface area contributed by atoms with Crippen LogP contribution in [0.1, 0.15) is 0 Å². The van der Waals surface area contributed by atoms with Crippen LogP contribution in [-0.2, 0) is 0 Å². The first-order valence-electron chi connectivity index (χ1n) is 2.77. The number of ether oxygens (including phenoxy) is 1. The molecule has 1 aromatic rings. The molecule has 0 unspecified atom stereocenters. The van der Waals surface area contributed by atoms with E-state index in [4.69, 9.17) is 0 Å². The largest absolute Gasteiger partial charge is 0.574 e. The van der Waals surface area contributed by atoms with E-state index in [0.29, 0.717) is 0 Å². The highest BCUT2D eigenvalue weighted by atomic mass is 19.4. The Morgan fingerprint density at radius 1 is 1.42 bits per heavy atom. The first-order valence-corrected chi connectivity index (χ1v) is 2.77. The molecule has 66 valence electrons. The van der Waals surface area contributed by atoms with Crippen molar-refractivity contribution in [1.29, 1.82) is 0 Å². The highest BCUT2D eigenvalue weighted by Gasteiger charge is 2.31. The number of hydrogen-bond acceptors (Lipinski definition) is 3. The van der Waals surface area contributed by atoms with Crippen LogP contribution in [0.2, 0.25) is 0 Å². The van der Waals surface area contributed by atoms with Crippen molar-refractivity contribution in [3.63, 3.8) is 0 Å². The minimum atomic E-state index is -4.81. The molecule has 12 heavy (non-hydrogen) atoms. The van der Waals surface area contributed by atoms with Crippen LogP contribution in [0.15, 0.2) is 17.2 Å². The lowest BCUT2D eigenvalue weighted by Gasteiger charge is -2.06. The maximum absolute atomic E-state index is 11.5. The van der Waals surface area contributed by atoms with Crippen LogP contribution in [0.5, 0.6) is 5.88 Å². The molecule has 0 radical (unpaired) electrons. The fourth-order valence-electron chi connectivity index (χ4n) is 0.535. The van der Waals surface area contributed by atoms with Gasteiger partial charge in [-0.25, -0.2) is 0 Å². The fourth-order valence-corrected chi connectivity index (χ4v) is 0.535. The van der Waals surface area contributed by atoms with Gasteiger partial charge < -0.3 is 4.74 Å². The van der Waals surface area contributed by atoms with Crippen molar-refractivity contribution in [2.45, 2.75) is 6.36 Å². The summed E-state index contributed by atoms with van der Waals surface area (Å²) in [6.45, 7) is 0. The molecule has 0 spiro atoms. The molecule has 0 aliphatic rings. The molecule has 1 rings (SSSR count). The van der Waals surface area contributed by atoms with Crippen LogP contribution in [0, 0.1) is 0 Å². The predicted octanol–water partition coefficient (Wildman–Crippen LogP) is 0.668. The van der Waals surface area contributed by atoms with E-state index in [1.54, 1.807) is 4.98 Å². The first-order chi connectivity index (χ1) is 5.47. The van der Waals surface area contributed by atoms with E-state index in [2.05, 4.69) is 9.72 Å². The van der Waals surface area contributed by atoms with Gasteiger partial charge in [-0.2, -0.15) is 0 Å². The van der Waals surface area contributed by atoms with Gasteiger partial charge in [0.1, 0.15) is 0 Å². The zero-order valence-corrected chi connectivity index (χ0v) is 5.55. The maximum Gasteiger partial charge on any atom is 0.574 e. The molecule has 0 saturated carbocycles. The normalized spacial score (nSPS) is 11.2. The van der Waals surface area contributed by atoms with Crippen molar-refractivity contribution in [2.24, 2.45) is 0 Å². The zero-order chi connectivity index (χ0) is 9.19. The number of H-pyrrole nitrogens is 1. The van der Waals surface area contributed by atoms with E-state index in [-0.39, 0.29) is 0 Å². The average molecular weight is 180 g/mol. The van der Waals surface area contributed by atoms with Gasteiger partial charge in [-0.15, -0.1) is 13.2 Å². The Bertz CT molecular complexity index is 319. The molecule has 0 atom stereocenters. The van der Waals surface area contributed by atoms with Crippen LogP contribution in [0.25, 0.3) is 0 Å². The fraction of sp³-hybridized carbons (Fsp3) is 0.200. The third kappa shape index (κ3) is 2.60. The summed E-state index contributed by atoms with van der Waals surface area (Å²) in [5.41, 5.74) is -0.753. The number of rotatable bonds is 1. The third-order valence-corrected chi connectivity index (χ3v) is 0.856. The molecule has 0 fully saturated rings. The summed E-state index contributed by atoms with van der Waals surface area (Å²) in [6.07, 6.45) is -3.22. The Hall–Kier alpha value is -1.53. The van der Waals surface area contributed by atoms with Crippen LogP contribution >= 0.6 is 0 Å². The summed E-state index contributed by atoms with van der Waals surface area (Å²) in [6, 6.07) is 0. The second-order valence-electron chi connectivity index (χ2n) is 1.81. The minimum absolute atomic E-state index is 0.727. The molecule has 1 heterocycles. The van der Waals surface area contributed by atoms with E-state index in [0.717, 1.165) is 12.4 Å². The lowest BCUT2D eigenvalue weighted by molar-refractivity contribution is -0.276. The number of halogens is 3. The van der Waals surface area contributed by atoms with Gasteiger partial charge in [0.25, 0.3) is 5.56 Å². The zero-order valence-electron chi connectivity index (χ0n) is 5.55. The van der Waals surface area contributed by atoms with Gasteiger partial charge in [0.15, 0.2) is 0 Å². The third-order valence-electron chi connectivity index (χ3n) is 0.856. The number of nitrogens with one attached hydrogen (secondary N) is 1. The summed E-state index contributed by atoms with van der Waals surface area (Å²) in [5, 5.41) is 0. The lowest BCUT2D eigenvalue weighted by atomic mass is 10.7. The molecule has 4 nitrogen and oxygen atoms in total. The Kier molecular flexibility index (Phi) is 2.03. The molecule has 0 saturated heterocycles. The average Bonchev–Trinajstić information content (AvgIpc) is 1.82. The van der Waals surface area contributed by atoms with Crippen molar-refractivity contribution in [3.8, 4) is 5.88 Å². The van der Waals surface area contributed by atoms with Crippen LogP contribution in [0.4, 0.5) is 13.2 Å². The number of nitrogens with zero attached hydrogens (tertiary/aromatic N) is 1. The van der Waals surface area contributed by atoms with E-state index < -0.39 is 17.8 Å². The summed E-state index contributed by atoms with van der Waals surface area (Å²) in [4.78, 5) is 15.4. The van der Waals surface area contributed by atoms with Crippen molar-refractivity contribution in [2.75, 3.05) is 0 Å². The van der Waals surface area contributed by atoms with Crippen molar-refractivity contribution >= 4 is 0 Å². The van der Waals surface area contributed by atoms with Gasteiger partial charge in [0, 0.05) is 0 Å². The molecule has 0 amide bonds. The first kappa shape index (κ1) is 8.57. The van der Waals surface area contributed by atoms with Gasteiger partial charge in [-0.3, -0.25) is 14.8 Å². The van der Waals surface area contributed by atoms with Crippen molar-refractivity contribution < 1.29 is 17.9 Å². The molecular weight excluding hydrogens is 177 g/mol. The quantitative estimate of drug-likeness (QED) is 0.690. The standard InChI is InChI=1S/C5H3F3N2O2/c6-5(7,8)12-4-2-9-1-3(11)10-4/h1-2H,(H,10,11). The molecule has 0 aliphatic heterocycles. The molecule has 0 aromatic carbocycles. The highest BCUT2D eigenvalue weighted by molar-refractivity contribution is 5.01.